The molecule has 0 fully saturated rings. The molecule has 0 radical (unpaired) electrons. The Bertz CT molecular complexity index is 594. The van der Waals surface area contributed by atoms with Crippen LogP contribution in [0, 0.1) is 0 Å². The molecule has 2 rings (SSSR count). The van der Waals surface area contributed by atoms with Crippen LogP contribution < -0.4 is 15.8 Å². The van der Waals surface area contributed by atoms with Gasteiger partial charge in [0.05, 0.1) is 6.10 Å². The summed E-state index contributed by atoms with van der Waals surface area (Å²) in [6.07, 6.45) is 0.373. The first kappa shape index (κ1) is 16.0. The Morgan fingerprint density at radius 2 is 1.73 bits per heavy atom. The smallest absolute Gasteiger partial charge is 0.226 e. The largest absolute Gasteiger partial charge is 0.491 e. The van der Waals surface area contributed by atoms with E-state index in [0.29, 0.717) is 0 Å². The number of anilines is 1. The number of ether oxygens (including phenoxy) is 1. The van der Waals surface area contributed by atoms with E-state index in [9.17, 15) is 4.79 Å². The first-order valence-corrected chi connectivity index (χ1v) is 7.41. The zero-order chi connectivity index (χ0) is 15.9. The molecule has 4 nitrogen and oxygen atoms in total. The zero-order valence-electron chi connectivity index (χ0n) is 13.0. The summed E-state index contributed by atoms with van der Waals surface area (Å²) in [4.78, 5) is 12.0. The Kier molecular flexibility index (Phi) is 5.55. The molecule has 0 aromatic heterocycles. The van der Waals surface area contributed by atoms with E-state index >= 15 is 0 Å². The molecule has 0 aliphatic heterocycles. The highest BCUT2D eigenvalue weighted by atomic mass is 16.5. The molecule has 0 aliphatic rings. The summed E-state index contributed by atoms with van der Waals surface area (Å²) >= 11 is 0. The normalized spacial score (nSPS) is 12.0. The Balaban J connectivity index is 1.89. The fourth-order valence-corrected chi connectivity index (χ4v) is 2.12. The van der Waals surface area contributed by atoms with Crippen LogP contribution >= 0.6 is 0 Å². The molecule has 0 aliphatic carbocycles. The predicted octanol–water partition coefficient (Wildman–Crippen LogP) is 3.50. The SMILES string of the molecule is CC(C)Oc1ccc(NC(=O)CC(N)c2ccccc2)cc1. The molecule has 0 heterocycles. The van der Waals surface area contributed by atoms with Crippen molar-refractivity contribution < 1.29 is 9.53 Å². The van der Waals surface area contributed by atoms with Gasteiger partial charge in [0.1, 0.15) is 5.75 Å². The predicted molar refractivity (Wildman–Crippen MR) is 88.8 cm³/mol. The summed E-state index contributed by atoms with van der Waals surface area (Å²) in [6.45, 7) is 3.95. The van der Waals surface area contributed by atoms with Crippen molar-refractivity contribution in [2.75, 3.05) is 5.32 Å². The third kappa shape index (κ3) is 4.90. The van der Waals surface area contributed by atoms with E-state index < -0.39 is 0 Å². The molecule has 1 amide bonds. The van der Waals surface area contributed by atoms with Crippen LogP contribution in [0.4, 0.5) is 5.69 Å². The van der Waals surface area contributed by atoms with Crippen molar-refractivity contribution >= 4 is 11.6 Å². The van der Waals surface area contributed by atoms with Gasteiger partial charge in [-0.2, -0.15) is 0 Å². The molecular formula is C18H22N2O2. The van der Waals surface area contributed by atoms with Gasteiger partial charge in [0.2, 0.25) is 5.91 Å². The number of rotatable bonds is 6. The van der Waals surface area contributed by atoms with E-state index in [2.05, 4.69) is 5.32 Å². The monoisotopic (exact) mass is 298 g/mol. The molecule has 3 N–H and O–H groups in total. The van der Waals surface area contributed by atoms with Crippen LogP contribution in [-0.4, -0.2) is 12.0 Å². The topological polar surface area (TPSA) is 64.3 Å². The molecular weight excluding hydrogens is 276 g/mol. The van der Waals surface area contributed by atoms with Gasteiger partial charge in [-0.3, -0.25) is 4.79 Å². The Morgan fingerprint density at radius 3 is 2.32 bits per heavy atom. The summed E-state index contributed by atoms with van der Waals surface area (Å²) in [5.41, 5.74) is 7.74. The minimum Gasteiger partial charge on any atom is -0.491 e. The molecule has 2 aromatic rings. The molecule has 0 bridgehead atoms. The number of nitrogens with two attached hydrogens (primary N) is 1. The molecule has 1 unspecified atom stereocenters. The molecule has 22 heavy (non-hydrogen) atoms. The Morgan fingerprint density at radius 1 is 1.09 bits per heavy atom. The van der Waals surface area contributed by atoms with Crippen LogP contribution in [0.3, 0.4) is 0 Å². The average molecular weight is 298 g/mol. The summed E-state index contributed by atoms with van der Waals surface area (Å²) < 4.78 is 5.56. The van der Waals surface area contributed by atoms with Gasteiger partial charge in [-0.05, 0) is 43.7 Å². The number of hydrogen-bond donors (Lipinski definition) is 2. The van der Waals surface area contributed by atoms with E-state index in [1.165, 1.54) is 0 Å². The second-order valence-electron chi connectivity index (χ2n) is 5.46. The van der Waals surface area contributed by atoms with E-state index in [0.717, 1.165) is 17.0 Å². The summed E-state index contributed by atoms with van der Waals surface area (Å²) in [6, 6.07) is 16.6. The molecule has 0 spiro atoms. The van der Waals surface area contributed by atoms with Crippen LogP contribution in [-0.2, 0) is 4.79 Å². The second-order valence-corrected chi connectivity index (χ2v) is 5.46. The highest BCUT2D eigenvalue weighted by molar-refractivity contribution is 5.91. The molecule has 1 atom stereocenters. The lowest BCUT2D eigenvalue weighted by atomic mass is 10.0. The number of amides is 1. The summed E-state index contributed by atoms with van der Waals surface area (Å²) in [5.74, 6) is 0.683. The number of carbonyl (C=O) groups is 1. The number of nitrogens with one attached hydrogen (secondary N) is 1. The first-order chi connectivity index (χ1) is 10.5. The van der Waals surface area contributed by atoms with Gasteiger partial charge in [-0.15, -0.1) is 0 Å². The van der Waals surface area contributed by atoms with E-state index in [1.54, 1.807) is 0 Å². The fraction of sp³-hybridized carbons (Fsp3) is 0.278. The van der Waals surface area contributed by atoms with Gasteiger partial charge in [0.15, 0.2) is 0 Å². The lowest BCUT2D eigenvalue weighted by molar-refractivity contribution is -0.116. The van der Waals surface area contributed by atoms with Gasteiger partial charge in [0, 0.05) is 18.2 Å². The van der Waals surface area contributed by atoms with Gasteiger partial charge >= 0.3 is 0 Å². The van der Waals surface area contributed by atoms with Crippen LogP contribution in [0.2, 0.25) is 0 Å². The van der Waals surface area contributed by atoms with Crippen LogP contribution in [0.25, 0.3) is 0 Å². The molecule has 0 saturated heterocycles. The van der Waals surface area contributed by atoms with E-state index in [1.807, 2.05) is 68.4 Å². The van der Waals surface area contributed by atoms with Gasteiger partial charge in [-0.25, -0.2) is 0 Å². The molecule has 2 aromatic carbocycles. The number of hydrogen-bond acceptors (Lipinski definition) is 3. The molecule has 116 valence electrons. The minimum absolute atomic E-state index is 0.103. The minimum atomic E-state index is -0.301. The summed E-state index contributed by atoms with van der Waals surface area (Å²) in [5, 5.41) is 2.85. The third-order valence-corrected chi connectivity index (χ3v) is 3.14. The highest BCUT2D eigenvalue weighted by Gasteiger charge is 2.11. The van der Waals surface area contributed by atoms with Crippen molar-refractivity contribution in [1.82, 2.24) is 0 Å². The van der Waals surface area contributed by atoms with Crippen molar-refractivity contribution in [1.29, 1.82) is 0 Å². The van der Waals surface area contributed by atoms with Crippen molar-refractivity contribution in [3.63, 3.8) is 0 Å². The standard InChI is InChI=1S/C18H22N2O2/c1-13(2)22-16-10-8-15(9-11-16)20-18(21)12-17(19)14-6-4-3-5-7-14/h3-11,13,17H,12,19H2,1-2H3,(H,20,21). The van der Waals surface area contributed by atoms with Crippen molar-refractivity contribution in [2.24, 2.45) is 5.73 Å². The maximum atomic E-state index is 12.0. The molecule has 0 saturated carbocycles. The maximum Gasteiger partial charge on any atom is 0.226 e. The van der Waals surface area contributed by atoms with Gasteiger partial charge in [0.25, 0.3) is 0 Å². The Hall–Kier alpha value is -2.33. The maximum absolute atomic E-state index is 12.0. The highest BCUT2D eigenvalue weighted by Crippen LogP contribution is 2.18. The van der Waals surface area contributed by atoms with Crippen molar-refractivity contribution in [3.05, 3.63) is 60.2 Å². The van der Waals surface area contributed by atoms with Crippen LogP contribution in [0.1, 0.15) is 31.9 Å². The quantitative estimate of drug-likeness (QED) is 0.858. The Labute approximate surface area is 131 Å². The summed E-state index contributed by atoms with van der Waals surface area (Å²) in [7, 11) is 0. The average Bonchev–Trinajstić information content (AvgIpc) is 2.49. The molecule has 4 heteroatoms. The van der Waals surface area contributed by atoms with Gasteiger partial charge < -0.3 is 15.8 Å². The fourth-order valence-electron chi connectivity index (χ4n) is 2.12. The van der Waals surface area contributed by atoms with Crippen LogP contribution in [0.5, 0.6) is 5.75 Å². The second kappa shape index (κ2) is 7.61. The number of benzene rings is 2. The lowest BCUT2D eigenvalue weighted by Crippen LogP contribution is -2.20. The van der Waals surface area contributed by atoms with Crippen molar-refractivity contribution in [2.45, 2.75) is 32.4 Å². The lowest BCUT2D eigenvalue weighted by Gasteiger charge is -2.13. The number of carbonyl (C=O) groups excluding carboxylic acids is 1. The van der Waals surface area contributed by atoms with Crippen molar-refractivity contribution in [3.8, 4) is 5.75 Å². The van der Waals surface area contributed by atoms with Crippen LogP contribution in [0.15, 0.2) is 54.6 Å². The van der Waals surface area contributed by atoms with E-state index in [4.69, 9.17) is 10.5 Å². The first-order valence-electron chi connectivity index (χ1n) is 7.41. The van der Waals surface area contributed by atoms with Gasteiger partial charge in [-0.1, -0.05) is 30.3 Å². The van der Waals surface area contributed by atoms with E-state index in [-0.39, 0.29) is 24.5 Å². The third-order valence-electron chi connectivity index (χ3n) is 3.14. The zero-order valence-corrected chi connectivity index (χ0v) is 13.0.